The Hall–Kier alpha value is -1.73. The number of carbonyl (C=O) groups is 1. The van der Waals surface area contributed by atoms with Crippen LogP contribution in [0.3, 0.4) is 0 Å². The van der Waals surface area contributed by atoms with E-state index in [1.807, 2.05) is 0 Å². The molecule has 0 aliphatic heterocycles. The van der Waals surface area contributed by atoms with Crippen LogP contribution in [0.4, 0.5) is 23.2 Å². The zero-order valence-corrected chi connectivity index (χ0v) is 15.6. The number of sulfone groups is 1. The molecular weight excluding hydrogens is 418 g/mol. The van der Waals surface area contributed by atoms with Gasteiger partial charge in [-0.25, -0.2) is 26.4 Å². The van der Waals surface area contributed by atoms with Crippen molar-refractivity contribution in [3.63, 3.8) is 0 Å². The molecule has 0 spiro atoms. The standard InChI is InChI=1S/C14H17F4NO6S2/c1-25-14(20)12-9(16)3-4-10(13(12)18)19(26(21)22)7-5-11(17)27(23,24)8-2-6-15/h3-4,11H,2,5-8H2,1H3,(H,21,22)/p-1. The average molecular weight is 434 g/mol. The van der Waals surface area contributed by atoms with E-state index in [9.17, 15) is 39.5 Å². The van der Waals surface area contributed by atoms with Gasteiger partial charge >= 0.3 is 5.97 Å². The summed E-state index contributed by atoms with van der Waals surface area (Å²) in [5.74, 6) is -5.05. The number of rotatable bonds is 10. The number of esters is 1. The first-order chi connectivity index (χ1) is 12.6. The van der Waals surface area contributed by atoms with Gasteiger partial charge in [-0.05, 0) is 18.6 Å². The van der Waals surface area contributed by atoms with Crippen molar-refractivity contribution in [3.05, 3.63) is 29.3 Å². The third kappa shape index (κ3) is 5.87. The van der Waals surface area contributed by atoms with Gasteiger partial charge in [0.25, 0.3) is 0 Å². The van der Waals surface area contributed by atoms with Crippen LogP contribution in [0.25, 0.3) is 0 Å². The molecular formula is C14H16F4NO6S2-. The summed E-state index contributed by atoms with van der Waals surface area (Å²) < 4.78 is 104. The van der Waals surface area contributed by atoms with Crippen LogP contribution in [0.15, 0.2) is 12.1 Å². The van der Waals surface area contributed by atoms with Gasteiger partial charge in [-0.1, -0.05) is 0 Å². The summed E-state index contributed by atoms with van der Waals surface area (Å²) in [5.41, 5.74) is -4.46. The molecule has 0 aliphatic carbocycles. The summed E-state index contributed by atoms with van der Waals surface area (Å²) >= 11 is -3.20. The third-order valence-electron chi connectivity index (χ3n) is 3.42. The lowest BCUT2D eigenvalue weighted by atomic mass is 10.1. The van der Waals surface area contributed by atoms with Gasteiger partial charge < -0.3 is 9.29 Å². The quantitative estimate of drug-likeness (QED) is 0.316. The summed E-state index contributed by atoms with van der Waals surface area (Å²) in [7, 11) is -3.48. The predicted molar refractivity (Wildman–Crippen MR) is 87.9 cm³/mol. The number of ether oxygens (including phenoxy) is 1. The highest BCUT2D eigenvalue weighted by Crippen LogP contribution is 2.27. The highest BCUT2D eigenvalue weighted by molar-refractivity contribution is 7.91. The van der Waals surface area contributed by atoms with Crippen LogP contribution in [0.1, 0.15) is 23.2 Å². The van der Waals surface area contributed by atoms with E-state index in [0.717, 1.165) is 7.11 Å². The van der Waals surface area contributed by atoms with Crippen LogP contribution in [0, 0.1) is 11.6 Å². The molecule has 0 saturated heterocycles. The summed E-state index contributed by atoms with van der Waals surface area (Å²) in [4.78, 5) is 11.5. The maximum absolute atomic E-state index is 14.4. The Labute approximate surface area is 155 Å². The fourth-order valence-corrected chi connectivity index (χ4v) is 3.87. The lowest BCUT2D eigenvalue weighted by Crippen LogP contribution is -2.32. The lowest BCUT2D eigenvalue weighted by Gasteiger charge is -2.27. The minimum atomic E-state index is -4.33. The molecule has 1 aromatic carbocycles. The Morgan fingerprint density at radius 3 is 2.52 bits per heavy atom. The minimum absolute atomic E-state index is 0.235. The van der Waals surface area contributed by atoms with E-state index >= 15 is 0 Å². The topological polar surface area (TPSA) is 104 Å². The van der Waals surface area contributed by atoms with Gasteiger partial charge in [0.1, 0.15) is 11.4 Å². The first kappa shape index (κ1) is 23.3. The molecule has 7 nitrogen and oxygen atoms in total. The number of carbonyl (C=O) groups excluding carboxylic acids is 1. The van der Waals surface area contributed by atoms with Crippen molar-refractivity contribution in [3.8, 4) is 0 Å². The second-order valence-corrected chi connectivity index (χ2v) is 8.30. The zero-order valence-electron chi connectivity index (χ0n) is 14.0. The molecule has 2 atom stereocenters. The number of anilines is 1. The molecule has 0 fully saturated rings. The van der Waals surface area contributed by atoms with Crippen molar-refractivity contribution >= 4 is 32.8 Å². The number of hydrogen-bond donors (Lipinski definition) is 0. The van der Waals surface area contributed by atoms with E-state index in [4.69, 9.17) is 0 Å². The highest BCUT2D eigenvalue weighted by Gasteiger charge is 2.28. The van der Waals surface area contributed by atoms with Crippen molar-refractivity contribution in [2.75, 3.05) is 30.4 Å². The molecule has 0 N–H and O–H groups in total. The van der Waals surface area contributed by atoms with E-state index in [1.165, 1.54) is 0 Å². The zero-order chi connectivity index (χ0) is 20.8. The van der Waals surface area contributed by atoms with E-state index in [2.05, 4.69) is 4.74 Å². The van der Waals surface area contributed by atoms with Gasteiger partial charge in [-0.15, -0.1) is 0 Å². The molecule has 13 heteroatoms. The smallest absolute Gasteiger partial charge is 0.343 e. The second kappa shape index (κ2) is 9.99. The van der Waals surface area contributed by atoms with Gasteiger partial charge in [-0.3, -0.25) is 12.9 Å². The molecule has 0 saturated carbocycles. The number of methoxy groups -OCH3 is 1. The number of nitrogens with zero attached hydrogens (tertiary/aromatic N) is 1. The monoisotopic (exact) mass is 434 g/mol. The molecule has 0 bridgehead atoms. The fraction of sp³-hybridized carbons (Fsp3) is 0.500. The molecule has 0 heterocycles. The van der Waals surface area contributed by atoms with Crippen molar-refractivity contribution in [2.24, 2.45) is 0 Å². The van der Waals surface area contributed by atoms with E-state index in [0.29, 0.717) is 12.1 Å². The van der Waals surface area contributed by atoms with Gasteiger partial charge in [0.2, 0.25) is 5.50 Å². The Balaban J connectivity index is 3.11. The largest absolute Gasteiger partial charge is 0.755 e. The summed E-state index contributed by atoms with van der Waals surface area (Å²) in [6.45, 7) is -1.80. The average Bonchev–Trinajstić information content (AvgIpc) is 2.61. The minimum Gasteiger partial charge on any atom is -0.755 e. The number of alkyl halides is 2. The third-order valence-corrected chi connectivity index (χ3v) is 6.03. The van der Waals surface area contributed by atoms with Gasteiger partial charge in [0.15, 0.2) is 15.7 Å². The van der Waals surface area contributed by atoms with Gasteiger partial charge in [-0.2, -0.15) is 0 Å². The summed E-state index contributed by atoms with van der Waals surface area (Å²) in [6, 6.07) is 1.30. The Morgan fingerprint density at radius 1 is 1.37 bits per heavy atom. The Bertz CT molecular complexity index is 805. The number of hydrogen-bond acceptors (Lipinski definition) is 6. The van der Waals surface area contributed by atoms with Gasteiger partial charge in [0.05, 0.1) is 25.2 Å². The van der Waals surface area contributed by atoms with Gasteiger partial charge in [0, 0.05) is 24.2 Å². The van der Waals surface area contributed by atoms with Crippen LogP contribution in [0.5, 0.6) is 0 Å². The molecule has 0 aliphatic rings. The van der Waals surface area contributed by atoms with E-state index in [-0.39, 0.29) is 4.31 Å². The predicted octanol–water partition coefficient (Wildman–Crippen LogP) is 1.81. The van der Waals surface area contributed by atoms with E-state index < -0.39 is 87.3 Å². The molecule has 2 unspecified atom stereocenters. The van der Waals surface area contributed by atoms with Crippen molar-refractivity contribution in [2.45, 2.75) is 18.3 Å². The molecule has 154 valence electrons. The molecule has 27 heavy (non-hydrogen) atoms. The SMILES string of the molecule is COC(=O)c1c(F)ccc(N(CCC(F)S(=O)(=O)CCCF)S(=O)[O-])c1F. The molecule has 0 aromatic heterocycles. The van der Waals surface area contributed by atoms with Crippen LogP contribution >= 0.6 is 0 Å². The Kier molecular flexibility index (Phi) is 8.62. The van der Waals surface area contributed by atoms with E-state index in [1.54, 1.807) is 0 Å². The fourth-order valence-electron chi connectivity index (χ4n) is 2.08. The molecule has 0 radical (unpaired) electrons. The molecule has 1 aromatic rings. The van der Waals surface area contributed by atoms with Crippen molar-refractivity contribution in [1.29, 1.82) is 0 Å². The maximum atomic E-state index is 14.4. The summed E-state index contributed by atoms with van der Waals surface area (Å²) in [6.07, 6.45) is -1.30. The molecule has 1 rings (SSSR count). The van der Waals surface area contributed by atoms with Crippen LogP contribution in [-0.2, 0) is 25.8 Å². The number of benzene rings is 1. The lowest BCUT2D eigenvalue weighted by molar-refractivity contribution is 0.0590. The highest BCUT2D eigenvalue weighted by atomic mass is 32.2. The first-order valence-electron chi connectivity index (χ1n) is 7.41. The molecule has 0 amide bonds. The van der Waals surface area contributed by atoms with Crippen LogP contribution in [-0.4, -0.2) is 54.7 Å². The second-order valence-electron chi connectivity index (χ2n) is 5.17. The summed E-state index contributed by atoms with van der Waals surface area (Å²) in [5, 5.41) is 0. The van der Waals surface area contributed by atoms with Crippen molar-refractivity contribution in [1.82, 2.24) is 0 Å². The van der Waals surface area contributed by atoms with Crippen LogP contribution in [0.2, 0.25) is 0 Å². The Morgan fingerprint density at radius 2 is 2.00 bits per heavy atom. The number of halogens is 4. The first-order valence-corrected chi connectivity index (χ1v) is 10.2. The maximum Gasteiger partial charge on any atom is 0.343 e. The van der Waals surface area contributed by atoms with Crippen LogP contribution < -0.4 is 4.31 Å². The van der Waals surface area contributed by atoms with Crippen molar-refractivity contribution < 1.29 is 44.3 Å². The normalized spacial score (nSPS) is 13.9.